The van der Waals surface area contributed by atoms with Crippen molar-refractivity contribution in [3.05, 3.63) is 71.3 Å². The van der Waals surface area contributed by atoms with Gasteiger partial charge in [0.1, 0.15) is 0 Å². The zero-order valence-corrected chi connectivity index (χ0v) is 20.3. The van der Waals surface area contributed by atoms with Gasteiger partial charge in [0.2, 0.25) is 0 Å². The van der Waals surface area contributed by atoms with E-state index >= 15 is 4.39 Å². The lowest BCUT2D eigenvalue weighted by atomic mass is 9.83. The van der Waals surface area contributed by atoms with Crippen LogP contribution in [0.15, 0.2) is 36.9 Å². The Morgan fingerprint density at radius 1 is 0.886 bits per heavy atom. The third-order valence-corrected chi connectivity index (χ3v) is 7.60. The normalized spacial score (nSPS) is 24.9. The van der Waals surface area contributed by atoms with Gasteiger partial charge in [0.25, 0.3) is 0 Å². The second-order valence-corrected chi connectivity index (χ2v) is 9.75. The van der Waals surface area contributed by atoms with E-state index in [0.717, 1.165) is 32.1 Å². The van der Waals surface area contributed by atoms with Crippen molar-refractivity contribution in [1.82, 2.24) is 0 Å². The van der Waals surface area contributed by atoms with E-state index in [2.05, 4.69) is 6.58 Å². The first-order valence-electron chi connectivity index (χ1n) is 12.7. The average Bonchev–Trinajstić information content (AvgIpc) is 2.88. The molecule has 190 valence electrons. The van der Waals surface area contributed by atoms with E-state index in [1.54, 1.807) is 6.08 Å². The quantitative estimate of drug-likeness (QED) is 0.277. The Kier molecular flexibility index (Phi) is 8.66. The van der Waals surface area contributed by atoms with E-state index < -0.39 is 23.3 Å². The molecule has 0 spiro atoms. The first-order valence-corrected chi connectivity index (χ1v) is 12.7. The molecule has 1 saturated carbocycles. The van der Waals surface area contributed by atoms with E-state index in [4.69, 9.17) is 9.47 Å². The van der Waals surface area contributed by atoms with Gasteiger partial charge in [-0.1, -0.05) is 30.3 Å². The number of hydrogen-bond acceptors (Lipinski definition) is 2. The van der Waals surface area contributed by atoms with Crippen LogP contribution >= 0.6 is 0 Å². The van der Waals surface area contributed by atoms with Crippen molar-refractivity contribution in [3.63, 3.8) is 0 Å². The van der Waals surface area contributed by atoms with Crippen molar-refractivity contribution in [1.29, 1.82) is 0 Å². The first kappa shape index (κ1) is 25.9. The van der Waals surface area contributed by atoms with E-state index in [-0.39, 0.29) is 40.9 Å². The predicted octanol–water partition coefficient (Wildman–Crippen LogP) is 7.89. The smallest absolute Gasteiger partial charge is 0.167 e. The Morgan fingerprint density at radius 2 is 1.57 bits per heavy atom. The first-order chi connectivity index (χ1) is 16.9. The Hall–Kier alpha value is -2.18. The summed E-state index contributed by atoms with van der Waals surface area (Å²) in [6.07, 6.45) is 8.44. The van der Waals surface area contributed by atoms with Crippen LogP contribution in [0.1, 0.15) is 68.9 Å². The van der Waals surface area contributed by atoms with Crippen molar-refractivity contribution in [2.75, 3.05) is 13.2 Å². The lowest BCUT2D eigenvalue weighted by Crippen LogP contribution is -2.23. The minimum absolute atomic E-state index is 0.0841. The molecule has 2 unspecified atom stereocenters. The van der Waals surface area contributed by atoms with Crippen LogP contribution in [0.3, 0.4) is 0 Å². The van der Waals surface area contributed by atoms with E-state index in [9.17, 15) is 13.2 Å². The highest BCUT2D eigenvalue weighted by Gasteiger charge is 2.27. The van der Waals surface area contributed by atoms with E-state index in [0.29, 0.717) is 37.9 Å². The molecule has 1 saturated heterocycles. The molecule has 2 nitrogen and oxygen atoms in total. The number of halogens is 4. The SMILES string of the molecule is C=CC1CCC(c2ccc(-c3ccc(CCC4CCC(OCC)CC4)c(F)c3F)c(F)c2F)CO1. The molecular formula is C29H34F4O2. The van der Waals surface area contributed by atoms with Crippen molar-refractivity contribution < 1.29 is 27.0 Å². The zero-order chi connectivity index (χ0) is 24.9. The Morgan fingerprint density at radius 3 is 2.20 bits per heavy atom. The highest BCUT2D eigenvalue weighted by atomic mass is 19.2. The summed E-state index contributed by atoms with van der Waals surface area (Å²) in [5.41, 5.74) is -0.0701. The molecule has 0 aromatic heterocycles. The van der Waals surface area contributed by atoms with Crippen LogP contribution in [-0.4, -0.2) is 25.4 Å². The van der Waals surface area contributed by atoms with Gasteiger partial charge < -0.3 is 9.47 Å². The summed E-state index contributed by atoms with van der Waals surface area (Å²) in [5, 5.41) is 0. The van der Waals surface area contributed by atoms with Crippen molar-refractivity contribution in [3.8, 4) is 11.1 Å². The largest absolute Gasteiger partial charge is 0.379 e. The van der Waals surface area contributed by atoms with Crippen molar-refractivity contribution >= 4 is 0 Å². The van der Waals surface area contributed by atoms with Crippen LogP contribution in [0.4, 0.5) is 17.6 Å². The van der Waals surface area contributed by atoms with E-state index in [1.165, 1.54) is 24.3 Å². The average molecular weight is 491 g/mol. The lowest BCUT2D eigenvalue weighted by molar-refractivity contribution is 0.0248. The van der Waals surface area contributed by atoms with Crippen molar-refractivity contribution in [2.45, 2.75) is 76.4 Å². The summed E-state index contributed by atoms with van der Waals surface area (Å²) < 4.78 is 71.1. The number of benzene rings is 2. The van der Waals surface area contributed by atoms with Crippen LogP contribution in [-0.2, 0) is 15.9 Å². The molecule has 1 aliphatic heterocycles. The second kappa shape index (κ2) is 11.7. The number of aryl methyl sites for hydroxylation is 1. The van der Waals surface area contributed by atoms with Gasteiger partial charge in [-0.05, 0) is 75.3 Å². The van der Waals surface area contributed by atoms with Gasteiger partial charge in [0.05, 0.1) is 18.8 Å². The highest BCUT2D eigenvalue weighted by molar-refractivity contribution is 5.66. The monoisotopic (exact) mass is 490 g/mol. The molecule has 6 heteroatoms. The van der Waals surface area contributed by atoms with E-state index in [1.807, 2.05) is 6.92 Å². The fourth-order valence-electron chi connectivity index (χ4n) is 5.46. The lowest BCUT2D eigenvalue weighted by Gasteiger charge is -2.28. The fraction of sp³-hybridized carbons (Fsp3) is 0.517. The highest BCUT2D eigenvalue weighted by Crippen LogP contribution is 2.36. The number of ether oxygens (including phenoxy) is 2. The van der Waals surface area contributed by atoms with Crippen LogP contribution in [0.5, 0.6) is 0 Å². The van der Waals surface area contributed by atoms with Gasteiger partial charge in [-0.15, -0.1) is 6.58 Å². The van der Waals surface area contributed by atoms with Gasteiger partial charge in [-0.25, -0.2) is 17.6 Å². The summed E-state index contributed by atoms with van der Waals surface area (Å²) in [7, 11) is 0. The number of rotatable bonds is 8. The van der Waals surface area contributed by atoms with Crippen molar-refractivity contribution in [2.24, 2.45) is 5.92 Å². The van der Waals surface area contributed by atoms with Gasteiger partial charge >= 0.3 is 0 Å². The molecule has 1 heterocycles. The maximum Gasteiger partial charge on any atom is 0.167 e. The summed E-state index contributed by atoms with van der Waals surface area (Å²) in [4.78, 5) is 0. The standard InChI is InChI=1S/C29H34F4O2/c1-3-21-13-9-20(17-35-21)23-15-16-25(29(33)27(23)31)24-14-10-19(26(30)28(24)32)8-5-18-6-11-22(12-7-18)34-4-2/h3,10,14-16,18,20-22H,1,4-9,11-13,17H2,2H3. The van der Waals surface area contributed by atoms with Gasteiger partial charge in [-0.2, -0.15) is 0 Å². The predicted molar refractivity (Wildman–Crippen MR) is 129 cm³/mol. The summed E-state index contributed by atoms with van der Waals surface area (Å²) >= 11 is 0. The Bertz CT molecular complexity index is 1020. The third-order valence-electron chi connectivity index (χ3n) is 7.60. The molecule has 2 aromatic rings. The molecule has 2 aliphatic rings. The van der Waals surface area contributed by atoms with Crippen LogP contribution in [0.25, 0.3) is 11.1 Å². The molecule has 2 atom stereocenters. The van der Waals surface area contributed by atoms with Crippen LogP contribution < -0.4 is 0 Å². The molecule has 2 fully saturated rings. The minimum atomic E-state index is -1.16. The van der Waals surface area contributed by atoms with Gasteiger partial charge in [0.15, 0.2) is 23.3 Å². The molecule has 4 rings (SSSR count). The third kappa shape index (κ3) is 5.80. The molecule has 0 bridgehead atoms. The van der Waals surface area contributed by atoms with Crippen LogP contribution in [0.2, 0.25) is 0 Å². The molecule has 1 aliphatic carbocycles. The fourth-order valence-corrected chi connectivity index (χ4v) is 5.46. The summed E-state index contributed by atoms with van der Waals surface area (Å²) in [6.45, 7) is 6.66. The molecule has 0 amide bonds. The zero-order valence-electron chi connectivity index (χ0n) is 20.3. The topological polar surface area (TPSA) is 18.5 Å². The summed E-state index contributed by atoms with van der Waals surface area (Å²) in [5.74, 6) is -4.14. The minimum Gasteiger partial charge on any atom is -0.379 e. The molecule has 2 aromatic carbocycles. The van der Waals surface area contributed by atoms with Crippen LogP contribution in [0, 0.1) is 29.2 Å². The molecule has 0 radical (unpaired) electrons. The molecular weight excluding hydrogens is 456 g/mol. The Labute approximate surface area is 205 Å². The maximum atomic E-state index is 15.0. The molecule has 0 N–H and O–H groups in total. The maximum absolute atomic E-state index is 15.0. The Balaban J connectivity index is 1.45. The van der Waals surface area contributed by atoms with Gasteiger partial charge in [0, 0.05) is 23.7 Å². The summed E-state index contributed by atoms with van der Waals surface area (Å²) in [6, 6.07) is 5.65. The number of hydrogen-bond donors (Lipinski definition) is 0. The molecule has 35 heavy (non-hydrogen) atoms. The van der Waals surface area contributed by atoms with Gasteiger partial charge in [-0.3, -0.25) is 0 Å². The second-order valence-electron chi connectivity index (χ2n) is 9.75.